The SMILES string of the molecule is CC1CCC(NS(=O)(=O)c2cc(N)cc(F)c2)CC1. The monoisotopic (exact) mass is 286 g/mol. The summed E-state index contributed by atoms with van der Waals surface area (Å²) in [6.07, 6.45) is 3.67. The van der Waals surface area contributed by atoms with E-state index < -0.39 is 15.8 Å². The molecule has 2 rings (SSSR count). The van der Waals surface area contributed by atoms with Crippen LogP contribution in [-0.2, 0) is 10.0 Å². The third kappa shape index (κ3) is 3.67. The van der Waals surface area contributed by atoms with Gasteiger partial charge in [0.1, 0.15) is 5.82 Å². The molecule has 0 spiro atoms. The zero-order valence-corrected chi connectivity index (χ0v) is 11.7. The highest BCUT2D eigenvalue weighted by Gasteiger charge is 2.24. The van der Waals surface area contributed by atoms with E-state index in [1.165, 1.54) is 6.07 Å². The lowest BCUT2D eigenvalue weighted by molar-refractivity contribution is 0.332. The maximum Gasteiger partial charge on any atom is 0.240 e. The average molecular weight is 286 g/mol. The lowest BCUT2D eigenvalue weighted by Crippen LogP contribution is -2.37. The first kappa shape index (κ1) is 14.3. The summed E-state index contributed by atoms with van der Waals surface area (Å²) in [4.78, 5) is -0.108. The molecule has 19 heavy (non-hydrogen) atoms. The molecule has 0 unspecified atom stereocenters. The van der Waals surface area contributed by atoms with E-state index in [0.717, 1.165) is 37.8 Å². The minimum Gasteiger partial charge on any atom is -0.399 e. The second-order valence-electron chi connectivity index (χ2n) is 5.30. The van der Waals surface area contributed by atoms with Crippen molar-refractivity contribution in [2.75, 3.05) is 5.73 Å². The lowest BCUT2D eigenvalue weighted by atomic mass is 9.88. The fraction of sp³-hybridized carbons (Fsp3) is 0.538. The summed E-state index contributed by atoms with van der Waals surface area (Å²) in [5.74, 6) is 0.00297. The highest BCUT2D eigenvalue weighted by atomic mass is 32.2. The summed E-state index contributed by atoms with van der Waals surface area (Å²) >= 11 is 0. The number of nitrogen functional groups attached to an aromatic ring is 1. The van der Waals surface area contributed by atoms with Crippen molar-refractivity contribution in [2.24, 2.45) is 5.92 Å². The summed E-state index contributed by atoms with van der Waals surface area (Å²) in [5.41, 5.74) is 5.58. The van der Waals surface area contributed by atoms with Gasteiger partial charge in [-0.15, -0.1) is 0 Å². The predicted molar refractivity (Wildman–Crippen MR) is 72.6 cm³/mol. The van der Waals surface area contributed by atoms with Crippen molar-refractivity contribution in [3.05, 3.63) is 24.0 Å². The standard InChI is InChI=1S/C13H19FN2O2S/c1-9-2-4-12(5-3-9)16-19(17,18)13-7-10(14)6-11(15)8-13/h6-9,12,16H,2-5,15H2,1H3. The van der Waals surface area contributed by atoms with Crippen LogP contribution >= 0.6 is 0 Å². The molecule has 3 N–H and O–H groups in total. The summed E-state index contributed by atoms with van der Waals surface area (Å²) in [7, 11) is -3.69. The molecule has 0 atom stereocenters. The van der Waals surface area contributed by atoms with Crippen molar-refractivity contribution in [3.63, 3.8) is 0 Å². The van der Waals surface area contributed by atoms with Gasteiger partial charge in [-0.1, -0.05) is 6.92 Å². The van der Waals surface area contributed by atoms with Gasteiger partial charge in [0.05, 0.1) is 4.90 Å². The van der Waals surface area contributed by atoms with Gasteiger partial charge in [0.15, 0.2) is 0 Å². The fourth-order valence-electron chi connectivity index (χ4n) is 2.40. The Morgan fingerprint density at radius 2 is 1.84 bits per heavy atom. The first-order valence-corrected chi connectivity index (χ1v) is 7.93. The third-order valence-electron chi connectivity index (χ3n) is 3.54. The third-order valence-corrected chi connectivity index (χ3v) is 5.04. The molecule has 1 aromatic carbocycles. The van der Waals surface area contributed by atoms with Crippen LogP contribution in [0, 0.1) is 11.7 Å². The van der Waals surface area contributed by atoms with E-state index in [1.807, 2.05) is 0 Å². The van der Waals surface area contributed by atoms with Crippen LogP contribution in [0.2, 0.25) is 0 Å². The number of nitrogens with two attached hydrogens (primary N) is 1. The molecule has 106 valence electrons. The smallest absolute Gasteiger partial charge is 0.240 e. The van der Waals surface area contributed by atoms with Crippen molar-refractivity contribution in [2.45, 2.75) is 43.5 Å². The molecule has 0 saturated heterocycles. The molecular formula is C13H19FN2O2S. The van der Waals surface area contributed by atoms with Crippen LogP contribution in [0.25, 0.3) is 0 Å². The second-order valence-corrected chi connectivity index (χ2v) is 7.01. The minimum atomic E-state index is -3.69. The summed E-state index contributed by atoms with van der Waals surface area (Å²) in [5, 5.41) is 0. The number of rotatable bonds is 3. The van der Waals surface area contributed by atoms with Gasteiger partial charge >= 0.3 is 0 Å². The normalized spacial score (nSPS) is 24.3. The Morgan fingerprint density at radius 1 is 1.21 bits per heavy atom. The van der Waals surface area contributed by atoms with Gasteiger partial charge in [-0.25, -0.2) is 17.5 Å². The molecule has 0 radical (unpaired) electrons. The number of benzene rings is 1. The van der Waals surface area contributed by atoms with Crippen molar-refractivity contribution >= 4 is 15.7 Å². The molecule has 1 saturated carbocycles. The van der Waals surface area contributed by atoms with Crippen molar-refractivity contribution < 1.29 is 12.8 Å². The molecule has 6 heteroatoms. The Bertz CT molecular complexity index is 532. The molecule has 1 aliphatic rings. The Hall–Kier alpha value is -1.14. The van der Waals surface area contributed by atoms with Gasteiger partial charge in [0.25, 0.3) is 0 Å². The minimum absolute atomic E-state index is 0.0642. The van der Waals surface area contributed by atoms with E-state index in [9.17, 15) is 12.8 Å². The number of anilines is 1. The molecule has 0 aromatic heterocycles. The molecule has 0 heterocycles. The van der Waals surface area contributed by atoms with Crippen LogP contribution in [-0.4, -0.2) is 14.5 Å². The maximum atomic E-state index is 13.2. The summed E-state index contributed by atoms with van der Waals surface area (Å²) < 4.78 is 40.2. The van der Waals surface area contributed by atoms with E-state index in [2.05, 4.69) is 11.6 Å². The first-order chi connectivity index (χ1) is 8.87. The molecule has 0 amide bonds. The Balaban J connectivity index is 2.14. The van der Waals surface area contributed by atoms with E-state index in [4.69, 9.17) is 5.73 Å². The van der Waals surface area contributed by atoms with Crippen molar-refractivity contribution in [1.29, 1.82) is 0 Å². The first-order valence-electron chi connectivity index (χ1n) is 6.45. The topological polar surface area (TPSA) is 72.2 Å². The zero-order valence-electron chi connectivity index (χ0n) is 10.9. The van der Waals surface area contributed by atoms with Gasteiger partial charge in [-0.2, -0.15) is 0 Å². The molecular weight excluding hydrogens is 267 g/mol. The van der Waals surface area contributed by atoms with Crippen LogP contribution in [0.1, 0.15) is 32.6 Å². The Labute approximate surface area is 113 Å². The lowest BCUT2D eigenvalue weighted by Gasteiger charge is -2.26. The van der Waals surface area contributed by atoms with Crippen molar-refractivity contribution in [3.8, 4) is 0 Å². The molecule has 4 nitrogen and oxygen atoms in total. The van der Waals surface area contributed by atoms with Gasteiger partial charge in [-0.05, 0) is 49.8 Å². The fourth-order valence-corrected chi connectivity index (χ4v) is 3.77. The van der Waals surface area contributed by atoms with E-state index >= 15 is 0 Å². The predicted octanol–water partition coefficient (Wildman–Crippen LogP) is 2.26. The Morgan fingerprint density at radius 3 is 2.42 bits per heavy atom. The number of hydrogen-bond donors (Lipinski definition) is 2. The van der Waals surface area contributed by atoms with Crippen LogP contribution in [0.5, 0.6) is 0 Å². The molecule has 1 aromatic rings. The largest absolute Gasteiger partial charge is 0.399 e. The van der Waals surface area contributed by atoms with Crippen LogP contribution < -0.4 is 10.5 Å². The maximum absolute atomic E-state index is 13.2. The van der Waals surface area contributed by atoms with Crippen LogP contribution in [0.4, 0.5) is 10.1 Å². The van der Waals surface area contributed by atoms with E-state index in [-0.39, 0.29) is 16.6 Å². The van der Waals surface area contributed by atoms with Gasteiger partial charge in [0, 0.05) is 11.7 Å². The molecule has 1 fully saturated rings. The van der Waals surface area contributed by atoms with E-state index in [0.29, 0.717) is 5.92 Å². The van der Waals surface area contributed by atoms with Gasteiger partial charge < -0.3 is 5.73 Å². The number of halogens is 1. The number of nitrogens with one attached hydrogen (secondary N) is 1. The van der Waals surface area contributed by atoms with Gasteiger partial charge in [-0.3, -0.25) is 0 Å². The highest BCUT2D eigenvalue weighted by molar-refractivity contribution is 7.89. The quantitative estimate of drug-likeness (QED) is 0.837. The number of sulfonamides is 1. The van der Waals surface area contributed by atoms with Crippen LogP contribution in [0.3, 0.4) is 0 Å². The molecule has 0 aliphatic heterocycles. The molecule has 1 aliphatic carbocycles. The van der Waals surface area contributed by atoms with E-state index in [1.54, 1.807) is 0 Å². The van der Waals surface area contributed by atoms with Gasteiger partial charge in [0.2, 0.25) is 10.0 Å². The zero-order chi connectivity index (χ0) is 14.0. The van der Waals surface area contributed by atoms with Crippen molar-refractivity contribution in [1.82, 2.24) is 4.72 Å². The highest BCUT2D eigenvalue weighted by Crippen LogP contribution is 2.25. The van der Waals surface area contributed by atoms with Crippen LogP contribution in [0.15, 0.2) is 23.1 Å². The average Bonchev–Trinajstić information content (AvgIpc) is 2.31. The summed E-state index contributed by atoms with van der Waals surface area (Å²) in [6.45, 7) is 2.16. The summed E-state index contributed by atoms with van der Waals surface area (Å²) in [6, 6.07) is 3.30. The number of hydrogen-bond acceptors (Lipinski definition) is 3. The Kier molecular flexibility index (Phi) is 4.10. The molecule has 0 bridgehead atoms. The second kappa shape index (κ2) is 5.46.